The fourth-order valence-corrected chi connectivity index (χ4v) is 4.09. The number of carbonyl (C=O) groups excluding carboxylic acids is 2. The Kier molecular flexibility index (Phi) is 9.89. The SMILES string of the molecule is CCC(CC)[C@H](CNCC(=O)c1ccc(O)c(O)c1)OC(=O)[C@H](Nc1ccccc1)c1ccccc1. The van der Waals surface area contributed by atoms with E-state index in [2.05, 4.69) is 24.5 Å². The first-order valence-corrected chi connectivity index (χ1v) is 12.3. The van der Waals surface area contributed by atoms with E-state index in [1.54, 1.807) is 0 Å². The summed E-state index contributed by atoms with van der Waals surface area (Å²) in [7, 11) is 0. The molecule has 0 aliphatic rings. The Morgan fingerprint density at radius 1 is 0.861 bits per heavy atom. The van der Waals surface area contributed by atoms with E-state index in [4.69, 9.17) is 4.74 Å². The van der Waals surface area contributed by atoms with Gasteiger partial charge in [-0.1, -0.05) is 62.4 Å². The van der Waals surface area contributed by atoms with Gasteiger partial charge < -0.3 is 25.6 Å². The third-order valence-electron chi connectivity index (χ3n) is 6.22. The number of nitrogens with one attached hydrogen (secondary N) is 2. The maximum Gasteiger partial charge on any atom is 0.333 e. The number of phenolic OH excluding ortho intramolecular Hbond substituents is 2. The van der Waals surface area contributed by atoms with Gasteiger partial charge in [0, 0.05) is 17.8 Å². The maximum absolute atomic E-state index is 13.5. The molecule has 0 unspecified atom stereocenters. The lowest BCUT2D eigenvalue weighted by Gasteiger charge is -2.28. The van der Waals surface area contributed by atoms with Crippen LogP contribution in [0.2, 0.25) is 0 Å². The molecule has 0 saturated carbocycles. The standard InChI is InChI=1S/C29H34N2O5/c1-3-20(4-2)27(19-30-18-26(34)22-15-16-24(32)25(33)17-22)36-29(35)28(21-11-7-5-8-12-21)31-23-13-9-6-10-14-23/h5-17,20,27-28,30-33H,3-4,18-19H2,1-2H3/t27-,28+/m0/s1. The molecule has 36 heavy (non-hydrogen) atoms. The Labute approximate surface area is 212 Å². The molecule has 190 valence electrons. The summed E-state index contributed by atoms with van der Waals surface area (Å²) >= 11 is 0. The molecular formula is C29H34N2O5. The van der Waals surface area contributed by atoms with Crippen molar-refractivity contribution < 1.29 is 24.5 Å². The average Bonchev–Trinajstić information content (AvgIpc) is 2.90. The van der Waals surface area contributed by atoms with Crippen molar-refractivity contribution in [2.75, 3.05) is 18.4 Å². The van der Waals surface area contributed by atoms with E-state index in [1.165, 1.54) is 18.2 Å². The second-order valence-electron chi connectivity index (χ2n) is 8.66. The van der Waals surface area contributed by atoms with Crippen LogP contribution in [0.25, 0.3) is 0 Å². The average molecular weight is 491 g/mol. The van der Waals surface area contributed by atoms with Crippen LogP contribution in [0.1, 0.15) is 48.7 Å². The second kappa shape index (κ2) is 13.3. The van der Waals surface area contributed by atoms with E-state index < -0.39 is 18.1 Å². The number of aromatic hydroxyl groups is 2. The van der Waals surface area contributed by atoms with Gasteiger partial charge in [-0.3, -0.25) is 4.79 Å². The van der Waals surface area contributed by atoms with Gasteiger partial charge in [0.1, 0.15) is 6.10 Å². The molecule has 0 fully saturated rings. The van der Waals surface area contributed by atoms with Gasteiger partial charge in [-0.2, -0.15) is 0 Å². The largest absolute Gasteiger partial charge is 0.504 e. The number of Topliss-reactive ketones (excluding diaryl/α,β-unsaturated/α-hetero) is 1. The number of phenols is 2. The predicted octanol–water partition coefficient (Wildman–Crippen LogP) is 5.07. The third-order valence-corrected chi connectivity index (χ3v) is 6.22. The molecule has 0 saturated heterocycles. The van der Waals surface area contributed by atoms with Crippen molar-refractivity contribution in [1.82, 2.24) is 5.32 Å². The molecule has 0 aliphatic carbocycles. The summed E-state index contributed by atoms with van der Waals surface area (Å²) in [6.07, 6.45) is 1.20. The Morgan fingerprint density at radius 2 is 1.50 bits per heavy atom. The van der Waals surface area contributed by atoms with Crippen LogP contribution in [0.15, 0.2) is 78.9 Å². The van der Waals surface area contributed by atoms with Crippen molar-refractivity contribution in [2.45, 2.75) is 38.8 Å². The van der Waals surface area contributed by atoms with E-state index in [9.17, 15) is 19.8 Å². The highest BCUT2D eigenvalue weighted by Gasteiger charge is 2.28. The van der Waals surface area contributed by atoms with E-state index in [0.29, 0.717) is 6.54 Å². The zero-order chi connectivity index (χ0) is 25.9. The fraction of sp³-hybridized carbons (Fsp3) is 0.310. The van der Waals surface area contributed by atoms with Gasteiger partial charge in [0.05, 0.1) is 6.54 Å². The van der Waals surface area contributed by atoms with Crippen molar-refractivity contribution in [3.05, 3.63) is 90.0 Å². The van der Waals surface area contributed by atoms with Crippen molar-refractivity contribution in [3.8, 4) is 11.5 Å². The minimum Gasteiger partial charge on any atom is -0.504 e. The highest BCUT2D eigenvalue weighted by Crippen LogP contribution is 2.26. The lowest BCUT2D eigenvalue weighted by Crippen LogP contribution is -2.40. The number of ketones is 1. The van der Waals surface area contributed by atoms with Crippen LogP contribution in [0.3, 0.4) is 0 Å². The van der Waals surface area contributed by atoms with Crippen LogP contribution >= 0.6 is 0 Å². The Balaban J connectivity index is 1.71. The number of anilines is 1. The molecule has 2 atom stereocenters. The smallest absolute Gasteiger partial charge is 0.333 e. The minimum absolute atomic E-state index is 0.00277. The van der Waals surface area contributed by atoms with Crippen LogP contribution < -0.4 is 10.6 Å². The van der Waals surface area contributed by atoms with Crippen molar-refractivity contribution >= 4 is 17.4 Å². The van der Waals surface area contributed by atoms with Gasteiger partial charge in [0.15, 0.2) is 23.3 Å². The number of para-hydroxylation sites is 1. The summed E-state index contributed by atoms with van der Waals surface area (Å²) < 4.78 is 6.06. The second-order valence-corrected chi connectivity index (χ2v) is 8.66. The molecule has 3 rings (SSSR count). The molecule has 0 aliphatic heterocycles. The number of hydrogen-bond acceptors (Lipinski definition) is 7. The first-order valence-electron chi connectivity index (χ1n) is 12.3. The summed E-state index contributed by atoms with van der Waals surface area (Å²) in [6, 6.07) is 22.2. The number of ether oxygens (including phenoxy) is 1. The van der Waals surface area contributed by atoms with E-state index in [0.717, 1.165) is 24.1 Å². The highest BCUT2D eigenvalue weighted by atomic mass is 16.5. The van der Waals surface area contributed by atoms with Gasteiger partial charge in [0.2, 0.25) is 0 Å². The molecule has 7 nitrogen and oxygen atoms in total. The summed E-state index contributed by atoms with van der Waals surface area (Å²) in [5, 5.41) is 25.5. The third kappa shape index (κ3) is 7.33. The monoisotopic (exact) mass is 490 g/mol. The number of benzene rings is 3. The number of esters is 1. The van der Waals surface area contributed by atoms with Crippen molar-refractivity contribution in [2.24, 2.45) is 5.92 Å². The maximum atomic E-state index is 13.5. The van der Waals surface area contributed by atoms with Crippen LogP contribution in [-0.2, 0) is 9.53 Å². The normalized spacial score (nSPS) is 12.6. The van der Waals surface area contributed by atoms with E-state index >= 15 is 0 Å². The molecule has 0 heterocycles. The van der Waals surface area contributed by atoms with Gasteiger partial charge in [-0.05, 0) is 54.7 Å². The number of rotatable bonds is 13. The molecule has 7 heteroatoms. The highest BCUT2D eigenvalue weighted by molar-refractivity contribution is 5.98. The van der Waals surface area contributed by atoms with Crippen molar-refractivity contribution in [3.63, 3.8) is 0 Å². The molecule has 3 aromatic carbocycles. The lowest BCUT2D eigenvalue weighted by atomic mass is 9.96. The van der Waals surface area contributed by atoms with Crippen LogP contribution in [0, 0.1) is 5.92 Å². The number of carbonyl (C=O) groups is 2. The summed E-state index contributed by atoms with van der Waals surface area (Å²) in [5.41, 5.74) is 1.89. The van der Waals surface area contributed by atoms with E-state index in [-0.39, 0.29) is 35.3 Å². The van der Waals surface area contributed by atoms with E-state index in [1.807, 2.05) is 60.7 Å². The predicted molar refractivity (Wildman–Crippen MR) is 140 cm³/mol. The Hall–Kier alpha value is -3.84. The zero-order valence-corrected chi connectivity index (χ0v) is 20.7. The number of hydrogen-bond donors (Lipinski definition) is 4. The Morgan fingerprint density at radius 3 is 2.11 bits per heavy atom. The Bertz CT molecular complexity index is 1120. The lowest BCUT2D eigenvalue weighted by molar-refractivity contribution is -0.153. The quantitative estimate of drug-likeness (QED) is 0.150. The molecule has 0 amide bonds. The van der Waals surface area contributed by atoms with Gasteiger partial charge >= 0.3 is 5.97 Å². The van der Waals surface area contributed by atoms with Gasteiger partial charge in [-0.25, -0.2) is 4.79 Å². The molecule has 0 radical (unpaired) electrons. The summed E-state index contributed by atoms with van der Waals surface area (Å²) in [6.45, 7) is 4.41. The van der Waals surface area contributed by atoms with Gasteiger partial charge in [0.25, 0.3) is 0 Å². The van der Waals surface area contributed by atoms with Gasteiger partial charge in [-0.15, -0.1) is 0 Å². The van der Waals surface area contributed by atoms with Crippen molar-refractivity contribution in [1.29, 1.82) is 0 Å². The molecular weight excluding hydrogens is 456 g/mol. The first-order chi connectivity index (χ1) is 17.4. The minimum atomic E-state index is -0.688. The fourth-order valence-electron chi connectivity index (χ4n) is 4.09. The molecule has 0 bridgehead atoms. The topological polar surface area (TPSA) is 108 Å². The van der Waals surface area contributed by atoms with Crippen LogP contribution in [-0.4, -0.2) is 41.2 Å². The first kappa shape index (κ1) is 26.8. The molecule has 4 N–H and O–H groups in total. The summed E-state index contributed by atoms with van der Waals surface area (Å²) in [5.74, 6) is -1.14. The van der Waals surface area contributed by atoms with Crippen LogP contribution in [0.4, 0.5) is 5.69 Å². The molecule has 0 aromatic heterocycles. The van der Waals surface area contributed by atoms with Crippen LogP contribution in [0.5, 0.6) is 11.5 Å². The molecule has 3 aromatic rings. The molecule has 0 spiro atoms. The zero-order valence-electron chi connectivity index (χ0n) is 20.7. The summed E-state index contributed by atoms with van der Waals surface area (Å²) in [4.78, 5) is 26.0.